The summed E-state index contributed by atoms with van der Waals surface area (Å²) >= 11 is 5.92. The molecule has 2 aromatic carbocycles. The Hall–Kier alpha value is -2.70. The van der Waals surface area contributed by atoms with E-state index in [1.54, 1.807) is 12.1 Å². The first-order chi connectivity index (χ1) is 14.0. The molecule has 0 atom stereocenters. The van der Waals surface area contributed by atoms with Crippen LogP contribution in [0.5, 0.6) is 0 Å². The molecule has 1 aliphatic rings. The molecular weight excluding hydrogens is 388 g/mol. The topological polar surface area (TPSA) is 62.5 Å². The molecule has 3 aromatic rings. The van der Waals surface area contributed by atoms with Crippen molar-refractivity contribution in [2.24, 2.45) is 0 Å². The second kappa shape index (κ2) is 8.35. The molecule has 1 aromatic heterocycles. The lowest BCUT2D eigenvalue weighted by atomic mass is 10.1. The summed E-state index contributed by atoms with van der Waals surface area (Å²) in [5.41, 5.74) is 3.96. The van der Waals surface area contributed by atoms with Crippen LogP contribution in [0, 0.1) is 13.8 Å². The Kier molecular flexibility index (Phi) is 5.65. The summed E-state index contributed by atoms with van der Waals surface area (Å²) in [5.74, 6) is 1.22. The SMILES string of the molecule is Cc1ccc(C(=O)N2CCN(Cc3nc(-c4ccc(Cl)cc4)no3)CC2)cc1C. The molecule has 7 heteroatoms. The molecule has 0 aliphatic carbocycles. The second-order valence-electron chi connectivity index (χ2n) is 7.39. The Morgan fingerprint density at radius 1 is 1.03 bits per heavy atom. The Balaban J connectivity index is 1.33. The number of aryl methyl sites for hydroxylation is 2. The monoisotopic (exact) mass is 410 g/mol. The summed E-state index contributed by atoms with van der Waals surface area (Å²) in [6.45, 7) is 7.58. The minimum atomic E-state index is 0.0931. The lowest BCUT2D eigenvalue weighted by molar-refractivity contribution is 0.0615. The zero-order valence-corrected chi connectivity index (χ0v) is 17.3. The normalized spacial score (nSPS) is 14.9. The number of carbonyl (C=O) groups is 1. The average molecular weight is 411 g/mol. The highest BCUT2D eigenvalue weighted by Gasteiger charge is 2.23. The maximum atomic E-state index is 12.8. The quantitative estimate of drug-likeness (QED) is 0.651. The van der Waals surface area contributed by atoms with E-state index in [1.807, 2.05) is 42.2 Å². The lowest BCUT2D eigenvalue weighted by Gasteiger charge is -2.34. The molecule has 150 valence electrons. The molecule has 4 rings (SSSR count). The van der Waals surface area contributed by atoms with Crippen LogP contribution in [-0.4, -0.2) is 52.0 Å². The van der Waals surface area contributed by atoms with Crippen LogP contribution in [0.15, 0.2) is 47.0 Å². The number of rotatable bonds is 4. The Morgan fingerprint density at radius 3 is 2.45 bits per heavy atom. The van der Waals surface area contributed by atoms with E-state index >= 15 is 0 Å². The van der Waals surface area contributed by atoms with Crippen LogP contribution in [0.2, 0.25) is 5.02 Å². The van der Waals surface area contributed by atoms with Gasteiger partial charge in [0.05, 0.1) is 6.54 Å². The number of benzene rings is 2. The van der Waals surface area contributed by atoms with Crippen molar-refractivity contribution >= 4 is 17.5 Å². The number of nitrogens with zero attached hydrogens (tertiary/aromatic N) is 4. The molecule has 0 saturated carbocycles. The molecule has 29 heavy (non-hydrogen) atoms. The molecule has 0 spiro atoms. The number of hydrogen-bond donors (Lipinski definition) is 0. The van der Waals surface area contributed by atoms with Crippen LogP contribution in [0.25, 0.3) is 11.4 Å². The van der Waals surface area contributed by atoms with Crippen LogP contribution in [0.4, 0.5) is 0 Å². The minimum absolute atomic E-state index is 0.0931. The van der Waals surface area contributed by atoms with E-state index in [-0.39, 0.29) is 5.91 Å². The third-order valence-corrected chi connectivity index (χ3v) is 5.59. The first kappa shape index (κ1) is 19.6. The van der Waals surface area contributed by atoms with Crippen LogP contribution >= 0.6 is 11.6 Å². The van der Waals surface area contributed by atoms with Crippen molar-refractivity contribution in [1.82, 2.24) is 19.9 Å². The van der Waals surface area contributed by atoms with Crippen molar-refractivity contribution in [3.05, 3.63) is 70.1 Å². The van der Waals surface area contributed by atoms with Gasteiger partial charge in [-0.25, -0.2) is 0 Å². The van der Waals surface area contributed by atoms with E-state index in [0.717, 1.165) is 29.8 Å². The molecule has 6 nitrogen and oxygen atoms in total. The fourth-order valence-electron chi connectivity index (χ4n) is 3.39. The summed E-state index contributed by atoms with van der Waals surface area (Å²) < 4.78 is 5.40. The maximum Gasteiger partial charge on any atom is 0.253 e. The van der Waals surface area contributed by atoms with Crippen LogP contribution in [0.1, 0.15) is 27.4 Å². The van der Waals surface area contributed by atoms with Gasteiger partial charge in [0.25, 0.3) is 5.91 Å². The maximum absolute atomic E-state index is 12.8. The van der Waals surface area contributed by atoms with Gasteiger partial charge in [-0.2, -0.15) is 4.98 Å². The van der Waals surface area contributed by atoms with Crippen molar-refractivity contribution in [3.8, 4) is 11.4 Å². The van der Waals surface area contributed by atoms with Gasteiger partial charge in [-0.3, -0.25) is 9.69 Å². The molecular formula is C22H23ClN4O2. The third kappa shape index (κ3) is 4.49. The van der Waals surface area contributed by atoms with Gasteiger partial charge in [-0.15, -0.1) is 0 Å². The van der Waals surface area contributed by atoms with Gasteiger partial charge in [-0.05, 0) is 61.4 Å². The Labute approximate surface area is 175 Å². The lowest BCUT2D eigenvalue weighted by Crippen LogP contribution is -2.48. The zero-order valence-electron chi connectivity index (χ0n) is 16.6. The predicted octanol–water partition coefficient (Wildman–Crippen LogP) is 3.96. The number of piperazine rings is 1. The molecule has 0 radical (unpaired) electrons. The van der Waals surface area contributed by atoms with E-state index in [1.165, 1.54) is 5.56 Å². The van der Waals surface area contributed by atoms with Crippen molar-refractivity contribution in [2.45, 2.75) is 20.4 Å². The first-order valence-corrected chi connectivity index (χ1v) is 10.0. The van der Waals surface area contributed by atoms with Crippen LogP contribution in [0.3, 0.4) is 0 Å². The van der Waals surface area contributed by atoms with Crippen molar-refractivity contribution in [2.75, 3.05) is 26.2 Å². The summed E-state index contributed by atoms with van der Waals surface area (Å²) in [5, 5.41) is 4.73. The van der Waals surface area contributed by atoms with Gasteiger partial charge >= 0.3 is 0 Å². The Bertz CT molecular complexity index is 1010. The number of aromatic nitrogens is 2. The number of carbonyl (C=O) groups excluding carboxylic acids is 1. The Morgan fingerprint density at radius 2 is 1.76 bits per heavy atom. The van der Waals surface area contributed by atoms with Gasteiger partial charge in [0, 0.05) is 42.3 Å². The van der Waals surface area contributed by atoms with E-state index in [4.69, 9.17) is 16.1 Å². The van der Waals surface area contributed by atoms with Crippen LogP contribution in [-0.2, 0) is 6.54 Å². The van der Waals surface area contributed by atoms with E-state index < -0.39 is 0 Å². The molecule has 1 aliphatic heterocycles. The number of amides is 1. The molecule has 1 fully saturated rings. The van der Waals surface area contributed by atoms with Gasteiger partial charge in [-0.1, -0.05) is 22.8 Å². The molecule has 0 N–H and O–H groups in total. The number of hydrogen-bond acceptors (Lipinski definition) is 5. The molecule has 1 amide bonds. The molecule has 0 bridgehead atoms. The smallest absolute Gasteiger partial charge is 0.253 e. The molecule has 0 unspecified atom stereocenters. The van der Waals surface area contributed by atoms with Gasteiger partial charge in [0.1, 0.15) is 0 Å². The van der Waals surface area contributed by atoms with Gasteiger partial charge in [0.15, 0.2) is 0 Å². The number of halogens is 1. The highest BCUT2D eigenvalue weighted by molar-refractivity contribution is 6.30. The summed E-state index contributed by atoms with van der Waals surface area (Å²) in [4.78, 5) is 21.4. The highest BCUT2D eigenvalue weighted by Crippen LogP contribution is 2.20. The minimum Gasteiger partial charge on any atom is -0.338 e. The fraction of sp³-hybridized carbons (Fsp3) is 0.318. The van der Waals surface area contributed by atoms with Gasteiger partial charge < -0.3 is 9.42 Å². The first-order valence-electron chi connectivity index (χ1n) is 9.67. The van der Waals surface area contributed by atoms with Crippen molar-refractivity contribution < 1.29 is 9.32 Å². The predicted molar refractivity (Wildman–Crippen MR) is 112 cm³/mol. The standard InChI is InChI=1S/C22H23ClN4O2/c1-15-3-4-18(13-16(15)2)22(28)27-11-9-26(10-12-27)14-20-24-21(25-29-20)17-5-7-19(23)8-6-17/h3-8,13H,9-12,14H2,1-2H3. The van der Waals surface area contributed by atoms with E-state index in [0.29, 0.717) is 36.4 Å². The van der Waals surface area contributed by atoms with Crippen molar-refractivity contribution in [1.29, 1.82) is 0 Å². The highest BCUT2D eigenvalue weighted by atomic mass is 35.5. The zero-order chi connectivity index (χ0) is 20.4. The van der Waals surface area contributed by atoms with E-state index in [2.05, 4.69) is 22.0 Å². The largest absolute Gasteiger partial charge is 0.338 e. The fourth-order valence-corrected chi connectivity index (χ4v) is 3.52. The van der Waals surface area contributed by atoms with Crippen LogP contribution < -0.4 is 0 Å². The summed E-state index contributed by atoms with van der Waals surface area (Å²) in [7, 11) is 0. The van der Waals surface area contributed by atoms with Gasteiger partial charge in [0.2, 0.25) is 11.7 Å². The molecule has 1 saturated heterocycles. The van der Waals surface area contributed by atoms with Crippen molar-refractivity contribution in [3.63, 3.8) is 0 Å². The third-order valence-electron chi connectivity index (χ3n) is 5.34. The summed E-state index contributed by atoms with van der Waals surface area (Å²) in [6.07, 6.45) is 0. The summed E-state index contributed by atoms with van der Waals surface area (Å²) in [6, 6.07) is 13.2. The average Bonchev–Trinajstić information content (AvgIpc) is 3.19. The molecule has 2 heterocycles. The second-order valence-corrected chi connectivity index (χ2v) is 7.82. The van der Waals surface area contributed by atoms with E-state index in [9.17, 15) is 4.79 Å².